The molecule has 0 heterocycles. The van der Waals surface area contributed by atoms with Crippen molar-refractivity contribution >= 4 is 21.9 Å². The van der Waals surface area contributed by atoms with E-state index in [2.05, 4.69) is 0 Å². The predicted octanol–water partition coefficient (Wildman–Crippen LogP) is 3.35. The van der Waals surface area contributed by atoms with Crippen molar-refractivity contribution in [3.8, 4) is 0 Å². The molecule has 1 radical (unpaired) electrons. The van der Waals surface area contributed by atoms with Gasteiger partial charge < -0.3 is 4.74 Å². The van der Waals surface area contributed by atoms with Crippen LogP contribution in [0.3, 0.4) is 0 Å². The number of rotatable bonds is 5. The van der Waals surface area contributed by atoms with E-state index in [1.165, 1.54) is 11.8 Å². The van der Waals surface area contributed by atoms with Gasteiger partial charge in [-0.15, -0.1) is 0 Å². The first-order valence-corrected chi connectivity index (χ1v) is 8.63. The summed E-state index contributed by atoms with van der Waals surface area (Å²) in [4.78, 5) is 0.991. The molecule has 1 aromatic carbocycles. The van der Waals surface area contributed by atoms with E-state index in [1.54, 1.807) is 19.2 Å². The molecule has 1 N–H and O–H groups in total. The molecule has 1 aliphatic rings. The standard InChI is InChI=1S/C15H15O4S2/c1-19-14-6-2-12(3-7-14)10-20-15-8-4-13(5-9-15)11-21(16,17)18/h2-10H,11H2,1H3,(H,16,17,18). The molecule has 0 unspecified atom stereocenters. The van der Waals surface area contributed by atoms with E-state index in [4.69, 9.17) is 9.29 Å². The molecular formula is C15H15O4S2. The van der Waals surface area contributed by atoms with Gasteiger partial charge in [-0.05, 0) is 40.8 Å². The Kier molecular flexibility index (Phi) is 5.41. The number of thioether (sulfide) groups is 1. The molecule has 4 nitrogen and oxygen atoms in total. The molecule has 0 bridgehead atoms. The summed E-state index contributed by atoms with van der Waals surface area (Å²) in [5.74, 6) is -0.361. The van der Waals surface area contributed by atoms with Crippen molar-refractivity contribution in [2.45, 2.75) is 10.6 Å². The minimum absolute atomic E-state index is 0.361. The fraction of sp³-hybridized carbons (Fsp3) is 0.133. The molecule has 0 amide bonds. The minimum Gasteiger partial charge on any atom is -0.366 e. The van der Waals surface area contributed by atoms with Crippen LogP contribution in [0.2, 0.25) is 0 Å². The normalized spacial score (nSPS) is 15.4. The monoisotopic (exact) mass is 323 g/mol. The molecule has 6 heteroatoms. The van der Waals surface area contributed by atoms with Gasteiger partial charge in [0.2, 0.25) is 0 Å². The zero-order chi connectivity index (χ0) is 15.3. The average molecular weight is 323 g/mol. The molecular weight excluding hydrogens is 308 g/mol. The molecule has 1 aromatic rings. The fourth-order valence-electron chi connectivity index (χ4n) is 1.69. The van der Waals surface area contributed by atoms with E-state index in [1.807, 2.05) is 41.8 Å². The highest BCUT2D eigenvalue weighted by atomic mass is 32.2. The molecule has 0 saturated carbocycles. The SMILES string of the molecule is CO[C]1C=CC(=CSc2ccc(CS(=O)(=O)O)cc2)C=C1. The Balaban J connectivity index is 1.97. The van der Waals surface area contributed by atoms with Gasteiger partial charge in [0, 0.05) is 12.0 Å². The lowest BCUT2D eigenvalue weighted by Gasteiger charge is -2.08. The van der Waals surface area contributed by atoms with E-state index >= 15 is 0 Å². The summed E-state index contributed by atoms with van der Waals surface area (Å²) in [5, 5.41) is 2.00. The van der Waals surface area contributed by atoms with Crippen molar-refractivity contribution in [2.75, 3.05) is 7.11 Å². The quantitative estimate of drug-likeness (QED) is 0.665. The van der Waals surface area contributed by atoms with Gasteiger partial charge in [0.15, 0.2) is 0 Å². The first-order valence-electron chi connectivity index (χ1n) is 6.14. The Hall–Kier alpha value is -1.34. The lowest BCUT2D eigenvalue weighted by atomic mass is 10.1. The van der Waals surface area contributed by atoms with Gasteiger partial charge in [-0.2, -0.15) is 8.42 Å². The van der Waals surface area contributed by atoms with Crippen molar-refractivity contribution in [1.82, 2.24) is 0 Å². The van der Waals surface area contributed by atoms with E-state index in [-0.39, 0.29) is 5.75 Å². The highest BCUT2D eigenvalue weighted by molar-refractivity contribution is 8.02. The van der Waals surface area contributed by atoms with Crippen LogP contribution >= 0.6 is 11.8 Å². The van der Waals surface area contributed by atoms with Gasteiger partial charge in [-0.3, -0.25) is 4.55 Å². The number of hydrogen-bond donors (Lipinski definition) is 1. The zero-order valence-corrected chi connectivity index (χ0v) is 13.0. The van der Waals surface area contributed by atoms with Crippen LogP contribution in [0.1, 0.15) is 5.56 Å². The summed E-state index contributed by atoms with van der Waals surface area (Å²) in [6.45, 7) is 0. The summed E-state index contributed by atoms with van der Waals surface area (Å²) >= 11 is 1.54. The van der Waals surface area contributed by atoms with E-state index < -0.39 is 10.1 Å². The van der Waals surface area contributed by atoms with Gasteiger partial charge in [0.05, 0.1) is 0 Å². The molecule has 0 saturated heterocycles. The van der Waals surface area contributed by atoms with Crippen molar-refractivity contribution in [2.24, 2.45) is 0 Å². The summed E-state index contributed by atoms with van der Waals surface area (Å²) in [6, 6.07) is 7.03. The second kappa shape index (κ2) is 7.09. The van der Waals surface area contributed by atoms with Crippen LogP contribution in [-0.4, -0.2) is 20.1 Å². The smallest absolute Gasteiger partial charge is 0.269 e. The van der Waals surface area contributed by atoms with Crippen LogP contribution in [0, 0.1) is 6.10 Å². The molecule has 1 aliphatic carbocycles. The van der Waals surface area contributed by atoms with E-state index in [0.717, 1.165) is 16.6 Å². The van der Waals surface area contributed by atoms with Crippen molar-refractivity contribution < 1.29 is 17.7 Å². The maximum absolute atomic E-state index is 10.8. The highest BCUT2D eigenvalue weighted by Crippen LogP contribution is 2.24. The van der Waals surface area contributed by atoms with Gasteiger partial charge in [-0.25, -0.2) is 0 Å². The van der Waals surface area contributed by atoms with Crippen LogP contribution < -0.4 is 0 Å². The Morgan fingerprint density at radius 2 is 1.76 bits per heavy atom. The lowest BCUT2D eigenvalue weighted by Crippen LogP contribution is -2.00. The third kappa shape index (κ3) is 5.51. The number of allylic oxidation sites excluding steroid dienone is 3. The molecule has 21 heavy (non-hydrogen) atoms. The van der Waals surface area contributed by atoms with Gasteiger partial charge in [0.25, 0.3) is 10.1 Å². The number of hydrogen-bond acceptors (Lipinski definition) is 4. The molecule has 0 fully saturated rings. The number of methoxy groups -OCH3 is 1. The van der Waals surface area contributed by atoms with Crippen LogP contribution in [-0.2, 0) is 20.6 Å². The first kappa shape index (κ1) is 16.0. The van der Waals surface area contributed by atoms with Crippen LogP contribution in [0.25, 0.3) is 0 Å². The average Bonchev–Trinajstić information content (AvgIpc) is 2.45. The Morgan fingerprint density at radius 1 is 1.14 bits per heavy atom. The second-order valence-corrected chi connectivity index (χ2v) is 6.77. The summed E-state index contributed by atoms with van der Waals surface area (Å²) in [6.07, 6.45) is 8.51. The first-order chi connectivity index (χ1) is 9.96. The van der Waals surface area contributed by atoms with E-state index in [0.29, 0.717) is 5.56 Å². The van der Waals surface area contributed by atoms with Crippen LogP contribution in [0.15, 0.2) is 64.4 Å². The molecule has 0 spiro atoms. The summed E-state index contributed by atoms with van der Waals surface area (Å²) in [5.41, 5.74) is 1.62. The number of benzene rings is 1. The molecule has 0 aliphatic heterocycles. The third-order valence-electron chi connectivity index (χ3n) is 2.72. The fourth-order valence-corrected chi connectivity index (χ4v) is 3.03. The van der Waals surface area contributed by atoms with Crippen LogP contribution in [0.4, 0.5) is 0 Å². The van der Waals surface area contributed by atoms with Crippen molar-refractivity contribution in [1.29, 1.82) is 0 Å². The third-order valence-corrected chi connectivity index (χ3v) is 4.35. The Morgan fingerprint density at radius 3 is 2.29 bits per heavy atom. The zero-order valence-electron chi connectivity index (χ0n) is 11.4. The number of ether oxygens (including phenoxy) is 1. The van der Waals surface area contributed by atoms with Crippen LogP contribution in [0.5, 0.6) is 0 Å². The maximum Gasteiger partial charge on any atom is 0.269 e. The minimum atomic E-state index is -3.98. The van der Waals surface area contributed by atoms with E-state index in [9.17, 15) is 8.42 Å². The van der Waals surface area contributed by atoms with Gasteiger partial charge >= 0.3 is 0 Å². The second-order valence-electron chi connectivity index (χ2n) is 4.38. The molecule has 0 aromatic heterocycles. The van der Waals surface area contributed by atoms with Crippen molar-refractivity contribution in [3.05, 3.63) is 71.2 Å². The Bertz CT molecular complexity index is 654. The predicted molar refractivity (Wildman–Crippen MR) is 84.2 cm³/mol. The highest BCUT2D eigenvalue weighted by Gasteiger charge is 2.06. The molecule has 111 valence electrons. The summed E-state index contributed by atoms with van der Waals surface area (Å²) < 4.78 is 35.4. The molecule has 2 rings (SSSR count). The van der Waals surface area contributed by atoms with Crippen molar-refractivity contribution in [3.63, 3.8) is 0 Å². The van der Waals surface area contributed by atoms with Gasteiger partial charge in [0.1, 0.15) is 11.9 Å². The lowest BCUT2D eigenvalue weighted by molar-refractivity contribution is 0.257. The molecule has 0 atom stereocenters. The summed E-state index contributed by atoms with van der Waals surface area (Å²) in [7, 11) is -2.35. The Labute approximate surface area is 129 Å². The largest absolute Gasteiger partial charge is 0.366 e. The maximum atomic E-state index is 10.8. The van der Waals surface area contributed by atoms with Gasteiger partial charge in [-0.1, -0.05) is 36.0 Å². The topological polar surface area (TPSA) is 63.6 Å².